The zero-order valence-corrected chi connectivity index (χ0v) is 7.78. The highest BCUT2D eigenvalue weighted by Gasteiger charge is 1.99. The first kappa shape index (κ1) is 8.91. The van der Waals surface area contributed by atoms with E-state index in [0.717, 1.165) is 11.4 Å². The standard InChI is InChI=1S/C10H14N2/c1-4-5-9-6-12-10(7-11-9)8(2)3/h4-8H,1-3H3/b5-4+. The number of rotatable bonds is 2. The fourth-order valence-electron chi connectivity index (χ4n) is 0.903. The van der Waals surface area contributed by atoms with Crippen molar-refractivity contribution in [3.63, 3.8) is 0 Å². The van der Waals surface area contributed by atoms with Crippen LogP contribution in [0.15, 0.2) is 18.5 Å². The molecule has 0 aliphatic carbocycles. The minimum absolute atomic E-state index is 0.456. The molecule has 0 radical (unpaired) electrons. The molecular weight excluding hydrogens is 148 g/mol. The summed E-state index contributed by atoms with van der Waals surface area (Å²) in [4.78, 5) is 8.52. The zero-order valence-electron chi connectivity index (χ0n) is 7.78. The Hall–Kier alpha value is -1.18. The summed E-state index contributed by atoms with van der Waals surface area (Å²) in [5.41, 5.74) is 1.96. The number of allylic oxidation sites excluding steroid dienone is 1. The van der Waals surface area contributed by atoms with Gasteiger partial charge in [0.15, 0.2) is 0 Å². The van der Waals surface area contributed by atoms with Crippen LogP contribution in [0.2, 0.25) is 0 Å². The van der Waals surface area contributed by atoms with Crippen molar-refractivity contribution in [1.29, 1.82) is 0 Å². The van der Waals surface area contributed by atoms with Crippen LogP contribution in [-0.2, 0) is 0 Å². The third-order valence-corrected chi connectivity index (χ3v) is 1.62. The summed E-state index contributed by atoms with van der Waals surface area (Å²) in [5, 5.41) is 0. The van der Waals surface area contributed by atoms with Crippen molar-refractivity contribution >= 4 is 6.08 Å². The lowest BCUT2D eigenvalue weighted by molar-refractivity contribution is 0.810. The summed E-state index contributed by atoms with van der Waals surface area (Å²) in [5.74, 6) is 0.456. The van der Waals surface area contributed by atoms with Gasteiger partial charge >= 0.3 is 0 Å². The summed E-state index contributed by atoms with van der Waals surface area (Å²) in [7, 11) is 0. The SMILES string of the molecule is C/C=C/c1cnc(C(C)C)cn1. The van der Waals surface area contributed by atoms with Crippen LogP contribution in [0.1, 0.15) is 38.1 Å². The van der Waals surface area contributed by atoms with E-state index in [1.807, 2.05) is 25.3 Å². The van der Waals surface area contributed by atoms with Crippen molar-refractivity contribution < 1.29 is 0 Å². The van der Waals surface area contributed by atoms with Gasteiger partial charge in [-0.25, -0.2) is 0 Å². The first-order valence-electron chi connectivity index (χ1n) is 4.18. The molecule has 2 heteroatoms. The average molecular weight is 162 g/mol. The molecule has 0 saturated heterocycles. The van der Waals surface area contributed by atoms with Crippen LogP contribution in [-0.4, -0.2) is 9.97 Å². The predicted octanol–water partition coefficient (Wildman–Crippen LogP) is 2.63. The second-order valence-electron chi connectivity index (χ2n) is 3.02. The molecule has 0 aromatic carbocycles. The highest BCUT2D eigenvalue weighted by atomic mass is 14.8. The molecule has 0 N–H and O–H groups in total. The van der Waals surface area contributed by atoms with Gasteiger partial charge in [0.1, 0.15) is 0 Å². The molecule has 0 fully saturated rings. The van der Waals surface area contributed by atoms with E-state index in [2.05, 4.69) is 23.8 Å². The normalized spacial score (nSPS) is 11.3. The van der Waals surface area contributed by atoms with E-state index in [1.54, 1.807) is 6.20 Å². The number of hydrogen-bond donors (Lipinski definition) is 0. The topological polar surface area (TPSA) is 25.8 Å². The number of hydrogen-bond acceptors (Lipinski definition) is 2. The molecule has 1 aromatic heterocycles. The van der Waals surface area contributed by atoms with Gasteiger partial charge in [0.05, 0.1) is 17.6 Å². The minimum atomic E-state index is 0.456. The van der Waals surface area contributed by atoms with Crippen LogP contribution in [0.5, 0.6) is 0 Å². The van der Waals surface area contributed by atoms with Gasteiger partial charge in [-0.05, 0) is 18.9 Å². The molecule has 1 rings (SSSR count). The van der Waals surface area contributed by atoms with Crippen LogP contribution in [0.25, 0.3) is 6.08 Å². The fourth-order valence-corrected chi connectivity index (χ4v) is 0.903. The third kappa shape index (κ3) is 2.16. The van der Waals surface area contributed by atoms with Crippen molar-refractivity contribution in [3.05, 3.63) is 29.9 Å². The second kappa shape index (κ2) is 4.00. The first-order valence-corrected chi connectivity index (χ1v) is 4.18. The predicted molar refractivity (Wildman–Crippen MR) is 50.8 cm³/mol. The molecule has 0 aliphatic rings. The smallest absolute Gasteiger partial charge is 0.0809 e. The summed E-state index contributed by atoms with van der Waals surface area (Å²) in [6.07, 6.45) is 7.53. The van der Waals surface area contributed by atoms with Gasteiger partial charge in [0, 0.05) is 6.20 Å². The first-order chi connectivity index (χ1) is 5.74. The van der Waals surface area contributed by atoms with Crippen LogP contribution >= 0.6 is 0 Å². The molecule has 0 bridgehead atoms. The minimum Gasteiger partial charge on any atom is -0.257 e. The lowest BCUT2D eigenvalue weighted by Crippen LogP contribution is -1.94. The van der Waals surface area contributed by atoms with Gasteiger partial charge in [-0.15, -0.1) is 0 Å². The van der Waals surface area contributed by atoms with Crippen molar-refractivity contribution in [2.24, 2.45) is 0 Å². The monoisotopic (exact) mass is 162 g/mol. The summed E-state index contributed by atoms with van der Waals surface area (Å²) >= 11 is 0. The molecule has 0 aliphatic heterocycles. The Bertz CT molecular complexity index is 260. The van der Waals surface area contributed by atoms with E-state index in [0.29, 0.717) is 5.92 Å². The molecular formula is C10H14N2. The Morgan fingerprint density at radius 3 is 2.42 bits per heavy atom. The fraction of sp³-hybridized carbons (Fsp3) is 0.400. The summed E-state index contributed by atoms with van der Waals surface area (Å²) in [6, 6.07) is 0. The van der Waals surface area contributed by atoms with Crippen LogP contribution in [0.4, 0.5) is 0 Å². The van der Waals surface area contributed by atoms with Crippen molar-refractivity contribution in [2.45, 2.75) is 26.7 Å². The van der Waals surface area contributed by atoms with E-state index in [-0.39, 0.29) is 0 Å². The maximum atomic E-state index is 4.28. The highest BCUT2D eigenvalue weighted by molar-refractivity contribution is 5.42. The van der Waals surface area contributed by atoms with Crippen LogP contribution in [0.3, 0.4) is 0 Å². The molecule has 64 valence electrons. The summed E-state index contributed by atoms with van der Waals surface area (Å²) in [6.45, 7) is 6.19. The van der Waals surface area contributed by atoms with Gasteiger partial charge in [0.25, 0.3) is 0 Å². The van der Waals surface area contributed by atoms with Gasteiger partial charge in [-0.2, -0.15) is 0 Å². The molecule has 12 heavy (non-hydrogen) atoms. The van der Waals surface area contributed by atoms with Crippen molar-refractivity contribution in [1.82, 2.24) is 9.97 Å². The Balaban J connectivity index is 2.85. The van der Waals surface area contributed by atoms with Gasteiger partial charge in [-0.1, -0.05) is 19.9 Å². The Morgan fingerprint density at radius 2 is 2.00 bits per heavy atom. The van der Waals surface area contributed by atoms with E-state index < -0.39 is 0 Å². The number of nitrogens with zero attached hydrogens (tertiary/aromatic N) is 2. The van der Waals surface area contributed by atoms with Crippen molar-refractivity contribution in [3.8, 4) is 0 Å². The zero-order chi connectivity index (χ0) is 8.97. The number of aromatic nitrogens is 2. The molecule has 0 saturated carbocycles. The van der Waals surface area contributed by atoms with Gasteiger partial charge in [0.2, 0.25) is 0 Å². The van der Waals surface area contributed by atoms with Crippen LogP contribution < -0.4 is 0 Å². The van der Waals surface area contributed by atoms with Crippen molar-refractivity contribution in [2.75, 3.05) is 0 Å². The lowest BCUT2D eigenvalue weighted by atomic mass is 10.1. The molecule has 0 amide bonds. The summed E-state index contributed by atoms with van der Waals surface area (Å²) < 4.78 is 0. The quantitative estimate of drug-likeness (QED) is 0.668. The molecule has 0 atom stereocenters. The molecule has 2 nitrogen and oxygen atoms in total. The van der Waals surface area contributed by atoms with Crippen LogP contribution in [0, 0.1) is 0 Å². The molecule has 0 unspecified atom stereocenters. The molecule has 0 spiro atoms. The third-order valence-electron chi connectivity index (χ3n) is 1.62. The second-order valence-corrected chi connectivity index (χ2v) is 3.02. The molecule has 1 aromatic rings. The maximum absolute atomic E-state index is 4.28. The Morgan fingerprint density at radius 1 is 1.25 bits per heavy atom. The lowest BCUT2D eigenvalue weighted by Gasteiger charge is -2.02. The molecule has 1 heterocycles. The Kier molecular flexibility index (Phi) is 2.97. The Labute approximate surface area is 73.4 Å². The van der Waals surface area contributed by atoms with E-state index >= 15 is 0 Å². The maximum Gasteiger partial charge on any atom is 0.0809 e. The van der Waals surface area contributed by atoms with E-state index in [9.17, 15) is 0 Å². The average Bonchev–Trinajstić information content (AvgIpc) is 2.06. The van der Waals surface area contributed by atoms with Gasteiger partial charge in [-0.3, -0.25) is 9.97 Å². The van der Waals surface area contributed by atoms with E-state index in [1.165, 1.54) is 0 Å². The van der Waals surface area contributed by atoms with E-state index in [4.69, 9.17) is 0 Å². The largest absolute Gasteiger partial charge is 0.257 e. The van der Waals surface area contributed by atoms with Gasteiger partial charge < -0.3 is 0 Å². The highest BCUT2D eigenvalue weighted by Crippen LogP contribution is 2.09.